The number of hydrogen-bond acceptors (Lipinski definition) is 3. The van der Waals surface area contributed by atoms with E-state index in [1.165, 1.54) is 16.7 Å². The van der Waals surface area contributed by atoms with Crippen molar-refractivity contribution in [2.75, 3.05) is 0 Å². The molecule has 0 aliphatic carbocycles. The monoisotopic (exact) mass is 492 g/mol. The van der Waals surface area contributed by atoms with E-state index < -0.39 is 0 Å². The SMILES string of the molecule is CC.CC.CC.CC(=O)c1ccc(C)cc1.CC(=O)c1ccc(C)cc1.CC(=O)c1ccc(C)cc1. The highest BCUT2D eigenvalue weighted by molar-refractivity contribution is 5.94. The van der Waals surface area contributed by atoms with Crippen LogP contribution in [-0.4, -0.2) is 17.3 Å². The minimum Gasteiger partial charge on any atom is -0.295 e. The molecular formula is C33H48O3. The van der Waals surface area contributed by atoms with Gasteiger partial charge in [-0.05, 0) is 41.5 Å². The molecule has 0 spiro atoms. The van der Waals surface area contributed by atoms with E-state index in [4.69, 9.17) is 0 Å². The first-order chi connectivity index (χ1) is 17.1. The van der Waals surface area contributed by atoms with Crippen LogP contribution in [0.4, 0.5) is 0 Å². The molecule has 0 radical (unpaired) electrons. The van der Waals surface area contributed by atoms with E-state index in [0.717, 1.165) is 16.7 Å². The van der Waals surface area contributed by atoms with Crippen molar-refractivity contribution in [1.29, 1.82) is 0 Å². The summed E-state index contributed by atoms with van der Waals surface area (Å²) >= 11 is 0. The summed E-state index contributed by atoms with van der Waals surface area (Å²) < 4.78 is 0. The fourth-order valence-electron chi connectivity index (χ4n) is 2.36. The number of Topliss-reactive ketones (excluding diaryl/α,β-unsaturated/α-hetero) is 3. The van der Waals surface area contributed by atoms with Gasteiger partial charge in [0.2, 0.25) is 0 Å². The number of carbonyl (C=O) groups excluding carboxylic acids is 3. The molecule has 198 valence electrons. The van der Waals surface area contributed by atoms with Crippen LogP contribution in [0.3, 0.4) is 0 Å². The molecule has 0 unspecified atom stereocenters. The molecule has 3 heteroatoms. The third kappa shape index (κ3) is 18.1. The molecule has 0 amide bonds. The Balaban J connectivity index is -0.000000410. The van der Waals surface area contributed by atoms with E-state index in [1.807, 2.05) is 135 Å². The van der Waals surface area contributed by atoms with Gasteiger partial charge >= 0.3 is 0 Å². The van der Waals surface area contributed by atoms with Gasteiger partial charge in [-0.25, -0.2) is 0 Å². The van der Waals surface area contributed by atoms with E-state index in [2.05, 4.69) is 0 Å². The quantitative estimate of drug-likeness (QED) is 0.342. The fourth-order valence-corrected chi connectivity index (χ4v) is 2.36. The van der Waals surface area contributed by atoms with Crippen molar-refractivity contribution in [3.63, 3.8) is 0 Å². The third-order valence-electron chi connectivity index (χ3n) is 4.37. The normalized spacial score (nSPS) is 8.33. The van der Waals surface area contributed by atoms with Crippen LogP contribution in [0.25, 0.3) is 0 Å². The molecule has 3 aromatic rings. The van der Waals surface area contributed by atoms with Gasteiger partial charge in [-0.15, -0.1) is 0 Å². The van der Waals surface area contributed by atoms with Gasteiger partial charge in [0.15, 0.2) is 17.3 Å². The summed E-state index contributed by atoms with van der Waals surface area (Å²) in [7, 11) is 0. The fraction of sp³-hybridized carbons (Fsp3) is 0.364. The second-order valence-electron chi connectivity index (χ2n) is 7.27. The maximum absolute atomic E-state index is 10.8. The summed E-state index contributed by atoms with van der Waals surface area (Å²) in [4.78, 5) is 32.3. The van der Waals surface area contributed by atoms with E-state index >= 15 is 0 Å². The van der Waals surface area contributed by atoms with Crippen molar-refractivity contribution in [3.05, 3.63) is 106 Å². The Morgan fingerprint density at radius 2 is 0.500 bits per heavy atom. The zero-order chi connectivity index (χ0) is 28.7. The van der Waals surface area contributed by atoms with Gasteiger partial charge in [0.25, 0.3) is 0 Å². The minimum absolute atomic E-state index is 0.125. The van der Waals surface area contributed by atoms with Gasteiger partial charge in [0, 0.05) is 16.7 Å². The molecule has 0 bridgehead atoms. The Labute approximate surface area is 221 Å². The van der Waals surface area contributed by atoms with Crippen molar-refractivity contribution in [2.45, 2.75) is 83.1 Å². The Morgan fingerprint density at radius 1 is 0.361 bits per heavy atom. The lowest BCUT2D eigenvalue weighted by Gasteiger charge is -1.94. The van der Waals surface area contributed by atoms with E-state index in [9.17, 15) is 14.4 Å². The van der Waals surface area contributed by atoms with Crippen molar-refractivity contribution in [1.82, 2.24) is 0 Å². The molecule has 3 aromatic carbocycles. The molecule has 0 atom stereocenters. The highest BCUT2D eigenvalue weighted by atomic mass is 16.1. The van der Waals surface area contributed by atoms with Crippen LogP contribution in [0.2, 0.25) is 0 Å². The largest absolute Gasteiger partial charge is 0.295 e. The first kappa shape index (κ1) is 37.2. The molecule has 0 N–H and O–H groups in total. The maximum Gasteiger partial charge on any atom is 0.159 e. The smallest absolute Gasteiger partial charge is 0.159 e. The van der Waals surface area contributed by atoms with Crippen LogP contribution in [0.15, 0.2) is 72.8 Å². The van der Waals surface area contributed by atoms with E-state index in [-0.39, 0.29) is 17.3 Å². The highest BCUT2D eigenvalue weighted by Crippen LogP contribution is 2.04. The van der Waals surface area contributed by atoms with Crippen molar-refractivity contribution < 1.29 is 14.4 Å². The lowest BCUT2D eigenvalue weighted by Crippen LogP contribution is -1.90. The van der Waals surface area contributed by atoms with Gasteiger partial charge in [0.1, 0.15) is 0 Å². The summed E-state index contributed by atoms with van der Waals surface area (Å²) in [6.07, 6.45) is 0. The zero-order valence-corrected chi connectivity index (χ0v) is 24.7. The van der Waals surface area contributed by atoms with E-state index in [0.29, 0.717) is 0 Å². The van der Waals surface area contributed by atoms with Crippen LogP contribution in [0.1, 0.15) is 110 Å². The van der Waals surface area contributed by atoms with Crippen molar-refractivity contribution >= 4 is 17.3 Å². The molecule has 3 nitrogen and oxygen atoms in total. The number of benzene rings is 3. The first-order valence-corrected chi connectivity index (χ1v) is 12.8. The molecule has 0 aliphatic heterocycles. The molecule has 0 fully saturated rings. The molecule has 0 aliphatic rings. The first-order valence-electron chi connectivity index (χ1n) is 12.8. The Bertz CT molecular complexity index is 833. The molecular weight excluding hydrogens is 444 g/mol. The van der Waals surface area contributed by atoms with Gasteiger partial charge in [-0.3, -0.25) is 14.4 Å². The topological polar surface area (TPSA) is 51.2 Å². The van der Waals surface area contributed by atoms with Crippen LogP contribution >= 0.6 is 0 Å². The minimum atomic E-state index is 0.125. The average molecular weight is 493 g/mol. The predicted molar refractivity (Wildman–Crippen MR) is 158 cm³/mol. The average Bonchev–Trinajstić information content (AvgIpc) is 2.89. The Hall–Kier alpha value is -3.33. The second kappa shape index (κ2) is 23.4. The Kier molecular flexibility index (Phi) is 24.2. The third-order valence-corrected chi connectivity index (χ3v) is 4.37. The van der Waals surface area contributed by atoms with Gasteiger partial charge in [0.05, 0.1) is 0 Å². The van der Waals surface area contributed by atoms with Crippen LogP contribution in [-0.2, 0) is 0 Å². The van der Waals surface area contributed by atoms with E-state index in [1.54, 1.807) is 20.8 Å². The number of aryl methyl sites for hydroxylation is 3. The zero-order valence-electron chi connectivity index (χ0n) is 24.7. The standard InChI is InChI=1S/3C9H10O.3C2H6/c3*1-7-3-5-9(6-4-7)8(2)10;3*1-2/h3*3-6H,1-2H3;3*1-2H3. The molecule has 3 rings (SSSR count). The molecule has 36 heavy (non-hydrogen) atoms. The lowest BCUT2D eigenvalue weighted by atomic mass is 10.1. The lowest BCUT2D eigenvalue weighted by molar-refractivity contribution is 0.100. The molecule has 0 saturated carbocycles. The molecule has 0 aromatic heterocycles. The van der Waals surface area contributed by atoms with Crippen LogP contribution in [0, 0.1) is 20.8 Å². The van der Waals surface area contributed by atoms with Crippen molar-refractivity contribution in [2.24, 2.45) is 0 Å². The van der Waals surface area contributed by atoms with Gasteiger partial charge < -0.3 is 0 Å². The molecule has 0 heterocycles. The van der Waals surface area contributed by atoms with Gasteiger partial charge in [-0.2, -0.15) is 0 Å². The number of hydrogen-bond donors (Lipinski definition) is 0. The maximum atomic E-state index is 10.8. The predicted octanol–water partition coefficient (Wildman–Crippen LogP) is 9.67. The number of rotatable bonds is 3. The second-order valence-corrected chi connectivity index (χ2v) is 7.27. The van der Waals surface area contributed by atoms with Crippen molar-refractivity contribution in [3.8, 4) is 0 Å². The highest BCUT2D eigenvalue weighted by Gasteiger charge is 1.96. The van der Waals surface area contributed by atoms with Crippen LogP contribution in [0.5, 0.6) is 0 Å². The van der Waals surface area contributed by atoms with Crippen LogP contribution < -0.4 is 0 Å². The number of carbonyl (C=O) groups is 3. The molecule has 0 saturated heterocycles. The summed E-state index contributed by atoms with van der Waals surface area (Å²) in [5, 5.41) is 0. The number of ketones is 3. The van der Waals surface area contributed by atoms with Gasteiger partial charge in [-0.1, -0.05) is 131 Å². The Morgan fingerprint density at radius 3 is 0.611 bits per heavy atom. The summed E-state index contributed by atoms with van der Waals surface area (Å²) in [5.41, 5.74) is 5.90. The summed E-state index contributed by atoms with van der Waals surface area (Å²) in [6, 6.07) is 22.7. The summed E-state index contributed by atoms with van der Waals surface area (Å²) in [5.74, 6) is 0.375. The summed E-state index contributed by atoms with van der Waals surface area (Å²) in [6.45, 7) is 22.7.